The molecule has 10 heteroatoms. The van der Waals surface area contributed by atoms with Gasteiger partial charge < -0.3 is 14.7 Å². The molecule has 3 unspecified atom stereocenters. The van der Waals surface area contributed by atoms with Gasteiger partial charge in [0.15, 0.2) is 9.84 Å². The first-order chi connectivity index (χ1) is 14.9. The summed E-state index contributed by atoms with van der Waals surface area (Å²) in [6.45, 7) is 7.54. The van der Waals surface area contributed by atoms with Crippen molar-refractivity contribution in [2.45, 2.75) is 56.7 Å². The van der Waals surface area contributed by atoms with E-state index in [1.165, 1.54) is 34.6 Å². The molecule has 1 heterocycles. The Balaban J connectivity index is 2.37. The number of nitrogens with one attached hydrogen (secondary N) is 1. The average molecular weight is 467 g/mol. The number of carbonyl (C=O) groups excluding carboxylic acids is 1. The Labute approximate surface area is 188 Å². The molecule has 0 spiro atoms. The topological polar surface area (TPSA) is 133 Å². The fourth-order valence-corrected chi connectivity index (χ4v) is 5.95. The van der Waals surface area contributed by atoms with Crippen LogP contribution in [-0.4, -0.2) is 60.1 Å². The van der Waals surface area contributed by atoms with Crippen molar-refractivity contribution in [3.8, 4) is 17.6 Å². The maximum absolute atomic E-state index is 13.4. The average Bonchev–Trinajstić information content (AvgIpc) is 2.73. The number of nitrogens with zero attached hydrogens (tertiary/aromatic N) is 1. The Kier molecular flexibility index (Phi) is 8.15. The summed E-state index contributed by atoms with van der Waals surface area (Å²) in [6.07, 6.45) is -0.741. The van der Waals surface area contributed by atoms with Crippen molar-refractivity contribution in [2.24, 2.45) is 11.3 Å². The van der Waals surface area contributed by atoms with Crippen LogP contribution >= 0.6 is 0 Å². The molecule has 1 aromatic carbocycles. The van der Waals surface area contributed by atoms with Crippen molar-refractivity contribution < 1.29 is 33.1 Å². The van der Waals surface area contributed by atoms with Crippen molar-refractivity contribution in [3.05, 3.63) is 24.3 Å². The van der Waals surface area contributed by atoms with Gasteiger partial charge in [0, 0.05) is 12.6 Å². The summed E-state index contributed by atoms with van der Waals surface area (Å²) < 4.78 is 32.2. The lowest BCUT2D eigenvalue weighted by Crippen LogP contribution is -2.55. The predicted molar refractivity (Wildman–Crippen MR) is 117 cm³/mol. The minimum Gasteiger partial charge on any atom is -0.481 e. The molecule has 9 nitrogen and oxygen atoms in total. The lowest BCUT2D eigenvalue weighted by molar-refractivity contribution is -0.130. The highest BCUT2D eigenvalue weighted by atomic mass is 32.2. The van der Waals surface area contributed by atoms with Crippen LogP contribution < -0.4 is 10.2 Å². The molecular weight excluding hydrogens is 436 g/mol. The van der Waals surface area contributed by atoms with Crippen molar-refractivity contribution >= 4 is 21.8 Å². The summed E-state index contributed by atoms with van der Waals surface area (Å²) in [5.74, 6) is 4.14. The number of carboxylic acid groups (broad SMARTS) is 1. The normalized spacial score (nSPS) is 20.0. The van der Waals surface area contributed by atoms with E-state index in [1.54, 1.807) is 6.92 Å². The smallest absolute Gasteiger partial charge is 0.407 e. The fraction of sp³-hybridized carbons (Fsp3) is 0.545. The van der Waals surface area contributed by atoms with Gasteiger partial charge in [-0.1, -0.05) is 26.7 Å². The van der Waals surface area contributed by atoms with Crippen LogP contribution in [-0.2, 0) is 14.6 Å². The molecule has 1 aliphatic rings. The van der Waals surface area contributed by atoms with Gasteiger partial charge in [-0.15, -0.1) is 5.92 Å². The zero-order chi connectivity index (χ0) is 24.1. The van der Waals surface area contributed by atoms with Crippen molar-refractivity contribution in [1.82, 2.24) is 10.4 Å². The lowest BCUT2D eigenvalue weighted by atomic mass is 9.76. The third kappa shape index (κ3) is 5.72. The molecule has 0 radical (unpaired) electrons. The maximum Gasteiger partial charge on any atom is 0.407 e. The number of hydroxylamine groups is 1. The fourth-order valence-electron chi connectivity index (χ4n) is 4.05. The summed E-state index contributed by atoms with van der Waals surface area (Å²) in [6, 6.07) is 5.15. The molecule has 0 saturated carbocycles. The first-order valence-electron chi connectivity index (χ1n) is 10.2. The molecule has 3 atom stereocenters. The molecule has 176 valence electrons. The van der Waals surface area contributed by atoms with E-state index >= 15 is 0 Å². The molecule has 2 rings (SSSR count). The number of hydrogen-bond acceptors (Lipinski definition) is 6. The van der Waals surface area contributed by atoms with E-state index in [0.717, 1.165) is 0 Å². The first kappa shape index (κ1) is 25.5. The number of hydrogen-bond donors (Lipinski definition) is 3. The van der Waals surface area contributed by atoms with Gasteiger partial charge >= 0.3 is 6.09 Å². The Morgan fingerprint density at radius 1 is 1.28 bits per heavy atom. The van der Waals surface area contributed by atoms with E-state index in [4.69, 9.17) is 4.74 Å². The number of amides is 2. The summed E-state index contributed by atoms with van der Waals surface area (Å²) in [5.41, 5.74) is 1.01. The maximum atomic E-state index is 13.4. The summed E-state index contributed by atoms with van der Waals surface area (Å²) in [5, 5.41) is 17.3. The van der Waals surface area contributed by atoms with Gasteiger partial charge in [-0.05, 0) is 55.4 Å². The molecule has 1 saturated heterocycles. The second kappa shape index (κ2) is 10.2. The third-order valence-electron chi connectivity index (χ3n) is 5.66. The standard InChI is InChI=1S/C22H30N2O7S/c1-5-6-13-31-16-7-9-17(10-8-16)32(29,30)19(20(25)23-28)15-11-12-24(21(26)27)18(14-15)22(2,3)4/h7-10,15,18-19,28H,11-14H2,1-4H3,(H,23,25)(H,26,27). The van der Waals surface area contributed by atoms with Gasteiger partial charge in [-0.25, -0.2) is 18.7 Å². The number of rotatable bonds is 6. The molecule has 0 aromatic heterocycles. The highest BCUT2D eigenvalue weighted by molar-refractivity contribution is 7.92. The van der Waals surface area contributed by atoms with Crippen LogP contribution in [0.15, 0.2) is 29.2 Å². The van der Waals surface area contributed by atoms with E-state index in [2.05, 4.69) is 11.8 Å². The molecule has 2 amide bonds. The monoisotopic (exact) mass is 466 g/mol. The van der Waals surface area contributed by atoms with Crippen molar-refractivity contribution in [2.75, 3.05) is 13.2 Å². The predicted octanol–water partition coefficient (Wildman–Crippen LogP) is 2.54. The SMILES string of the molecule is CC#CCOc1ccc(S(=O)(=O)C(C(=O)NO)C2CCN(C(=O)O)C(C(C)(C)C)C2)cc1. The second-order valence-electron chi connectivity index (χ2n) is 8.77. The van der Waals surface area contributed by atoms with E-state index < -0.39 is 44.5 Å². The van der Waals surface area contributed by atoms with Gasteiger partial charge in [-0.2, -0.15) is 0 Å². The zero-order valence-corrected chi connectivity index (χ0v) is 19.5. The van der Waals surface area contributed by atoms with Crippen LogP contribution in [0.5, 0.6) is 5.75 Å². The molecule has 1 aromatic rings. The minimum absolute atomic E-state index is 0.0898. The first-order valence-corrected chi connectivity index (χ1v) is 11.8. The summed E-state index contributed by atoms with van der Waals surface area (Å²) in [4.78, 5) is 25.4. The molecule has 0 aliphatic carbocycles. The van der Waals surface area contributed by atoms with Crippen LogP contribution in [0.4, 0.5) is 4.79 Å². The van der Waals surface area contributed by atoms with Gasteiger partial charge in [0.2, 0.25) is 0 Å². The van der Waals surface area contributed by atoms with E-state index in [0.29, 0.717) is 5.75 Å². The molecule has 3 N–H and O–H groups in total. The van der Waals surface area contributed by atoms with Crippen LogP contribution in [0.25, 0.3) is 0 Å². The Morgan fingerprint density at radius 2 is 1.91 bits per heavy atom. The zero-order valence-electron chi connectivity index (χ0n) is 18.7. The van der Waals surface area contributed by atoms with Crippen LogP contribution in [0.2, 0.25) is 0 Å². The van der Waals surface area contributed by atoms with Crippen LogP contribution in [0, 0.1) is 23.2 Å². The summed E-state index contributed by atoms with van der Waals surface area (Å²) in [7, 11) is -4.18. The van der Waals surface area contributed by atoms with Crippen molar-refractivity contribution in [3.63, 3.8) is 0 Å². The molecule has 32 heavy (non-hydrogen) atoms. The quantitative estimate of drug-likeness (QED) is 0.333. The van der Waals surface area contributed by atoms with Gasteiger partial charge in [0.05, 0.1) is 4.90 Å². The molecule has 1 fully saturated rings. The minimum atomic E-state index is -4.18. The Bertz CT molecular complexity index is 988. The third-order valence-corrected chi connectivity index (χ3v) is 7.86. The lowest BCUT2D eigenvalue weighted by Gasteiger charge is -2.45. The summed E-state index contributed by atoms with van der Waals surface area (Å²) >= 11 is 0. The van der Waals surface area contributed by atoms with Gasteiger partial charge in [0.1, 0.15) is 17.6 Å². The molecular formula is C22H30N2O7S. The van der Waals surface area contributed by atoms with Crippen molar-refractivity contribution in [1.29, 1.82) is 0 Å². The number of benzene rings is 1. The van der Waals surface area contributed by atoms with E-state index in [9.17, 15) is 28.3 Å². The largest absolute Gasteiger partial charge is 0.481 e. The number of likely N-dealkylation sites (tertiary alicyclic amines) is 1. The van der Waals surface area contributed by atoms with Crippen LogP contribution in [0.3, 0.4) is 0 Å². The molecule has 0 bridgehead atoms. The van der Waals surface area contributed by atoms with E-state index in [1.807, 2.05) is 20.8 Å². The Hall–Kier alpha value is -2.77. The van der Waals surface area contributed by atoms with Gasteiger partial charge in [0.25, 0.3) is 5.91 Å². The highest BCUT2D eigenvalue weighted by Crippen LogP contribution is 2.38. The number of sulfone groups is 1. The van der Waals surface area contributed by atoms with E-state index in [-0.39, 0.29) is 30.9 Å². The van der Waals surface area contributed by atoms with Crippen LogP contribution in [0.1, 0.15) is 40.5 Å². The number of carbonyl (C=O) groups is 2. The Morgan fingerprint density at radius 3 is 2.41 bits per heavy atom. The highest BCUT2D eigenvalue weighted by Gasteiger charge is 2.47. The molecule has 1 aliphatic heterocycles. The number of piperidine rings is 1. The number of ether oxygens (including phenoxy) is 1. The van der Waals surface area contributed by atoms with Gasteiger partial charge in [-0.3, -0.25) is 10.0 Å². The second-order valence-corrected chi connectivity index (χ2v) is 10.8.